The van der Waals surface area contributed by atoms with Crippen molar-refractivity contribution in [1.82, 2.24) is 0 Å². The van der Waals surface area contributed by atoms with E-state index in [-0.39, 0.29) is 0 Å². The second kappa shape index (κ2) is 8.31. The first-order valence-corrected chi connectivity index (χ1v) is 4.85. The molecule has 0 bridgehead atoms. The molecule has 0 aromatic heterocycles. The molecule has 0 unspecified atom stereocenters. The van der Waals surface area contributed by atoms with E-state index < -0.39 is 0 Å². The summed E-state index contributed by atoms with van der Waals surface area (Å²) in [5.41, 5.74) is 5.32. The van der Waals surface area contributed by atoms with Crippen LogP contribution in [0.4, 0.5) is 0 Å². The van der Waals surface area contributed by atoms with Gasteiger partial charge in [0.2, 0.25) is 0 Å². The fraction of sp³-hybridized carbons (Fsp3) is 1.00. The van der Waals surface area contributed by atoms with Crippen LogP contribution in [-0.4, -0.2) is 18.1 Å². The minimum atomic E-state index is 0.830. The molecule has 0 radical (unpaired) electrons. The maximum absolute atomic E-state index is 5.32. The first-order valence-electron chi connectivity index (χ1n) is 3.69. The van der Waals surface area contributed by atoms with Gasteiger partial charge in [0.1, 0.15) is 0 Å². The van der Waals surface area contributed by atoms with Gasteiger partial charge in [-0.2, -0.15) is 11.8 Å². The number of rotatable bonds is 6. The van der Waals surface area contributed by atoms with Crippen LogP contribution in [0.2, 0.25) is 0 Å². The SMILES string of the molecule is CCCCCSCCN. The van der Waals surface area contributed by atoms with Crippen molar-refractivity contribution in [1.29, 1.82) is 0 Å². The molecule has 1 nitrogen and oxygen atoms in total. The molecular formula is C7H17NS. The molecule has 0 heterocycles. The van der Waals surface area contributed by atoms with Gasteiger partial charge >= 0.3 is 0 Å². The van der Waals surface area contributed by atoms with Crippen LogP contribution in [0.1, 0.15) is 26.2 Å². The highest BCUT2D eigenvalue weighted by Crippen LogP contribution is 2.04. The highest BCUT2D eigenvalue weighted by atomic mass is 32.2. The van der Waals surface area contributed by atoms with Crippen molar-refractivity contribution < 1.29 is 0 Å². The maximum atomic E-state index is 5.32. The van der Waals surface area contributed by atoms with Crippen LogP contribution in [0.3, 0.4) is 0 Å². The molecular weight excluding hydrogens is 130 g/mol. The van der Waals surface area contributed by atoms with Gasteiger partial charge in [-0.05, 0) is 12.2 Å². The monoisotopic (exact) mass is 147 g/mol. The summed E-state index contributed by atoms with van der Waals surface area (Å²) in [6.07, 6.45) is 4.06. The largest absolute Gasteiger partial charge is 0.330 e. The number of thioether (sulfide) groups is 1. The molecule has 0 aliphatic rings. The molecule has 0 spiro atoms. The van der Waals surface area contributed by atoms with E-state index >= 15 is 0 Å². The van der Waals surface area contributed by atoms with Crippen LogP contribution in [0.5, 0.6) is 0 Å². The second-order valence-electron chi connectivity index (χ2n) is 2.11. The van der Waals surface area contributed by atoms with Crippen molar-refractivity contribution in [3.63, 3.8) is 0 Å². The van der Waals surface area contributed by atoms with Crippen LogP contribution in [0.25, 0.3) is 0 Å². The number of hydrogen-bond acceptors (Lipinski definition) is 2. The minimum absolute atomic E-state index is 0.830. The first-order chi connectivity index (χ1) is 4.41. The highest BCUT2D eigenvalue weighted by Gasteiger charge is 1.85. The van der Waals surface area contributed by atoms with E-state index in [9.17, 15) is 0 Å². The summed E-state index contributed by atoms with van der Waals surface area (Å²) in [7, 11) is 0. The van der Waals surface area contributed by atoms with Crippen molar-refractivity contribution >= 4 is 11.8 Å². The van der Waals surface area contributed by atoms with Gasteiger partial charge in [-0.25, -0.2) is 0 Å². The molecule has 0 saturated carbocycles. The van der Waals surface area contributed by atoms with Crippen LogP contribution < -0.4 is 5.73 Å². The normalized spacial score (nSPS) is 10.0. The van der Waals surface area contributed by atoms with E-state index in [2.05, 4.69) is 6.92 Å². The third-order valence-electron chi connectivity index (χ3n) is 1.15. The molecule has 0 aromatic carbocycles. The molecule has 0 amide bonds. The zero-order valence-corrected chi connectivity index (χ0v) is 7.04. The van der Waals surface area contributed by atoms with Gasteiger partial charge in [-0.3, -0.25) is 0 Å². The Bertz CT molecular complexity index is 42.2. The van der Waals surface area contributed by atoms with Crippen molar-refractivity contribution in [2.45, 2.75) is 26.2 Å². The number of unbranched alkanes of at least 4 members (excludes halogenated alkanes) is 2. The zero-order valence-electron chi connectivity index (χ0n) is 6.23. The second-order valence-corrected chi connectivity index (χ2v) is 3.33. The summed E-state index contributed by atoms with van der Waals surface area (Å²) in [6, 6.07) is 0. The van der Waals surface area contributed by atoms with Crippen molar-refractivity contribution in [2.24, 2.45) is 5.73 Å². The van der Waals surface area contributed by atoms with Gasteiger partial charge in [0, 0.05) is 12.3 Å². The highest BCUT2D eigenvalue weighted by molar-refractivity contribution is 7.99. The Balaban J connectivity index is 2.60. The molecule has 0 aromatic rings. The summed E-state index contributed by atoms with van der Waals surface area (Å²) in [6.45, 7) is 3.06. The smallest absolute Gasteiger partial charge is 0.00558 e. The Hall–Kier alpha value is 0.310. The Morgan fingerprint density at radius 2 is 2.00 bits per heavy atom. The lowest BCUT2D eigenvalue weighted by Crippen LogP contribution is -2.01. The summed E-state index contributed by atoms with van der Waals surface area (Å²) in [5, 5.41) is 0. The molecule has 56 valence electrons. The number of hydrogen-bond donors (Lipinski definition) is 1. The molecule has 0 aliphatic heterocycles. The Kier molecular flexibility index (Phi) is 8.60. The standard InChI is InChI=1S/C7H17NS/c1-2-3-4-6-9-7-5-8/h2-8H2,1H3. The minimum Gasteiger partial charge on any atom is -0.330 e. The molecule has 0 aliphatic carbocycles. The fourth-order valence-corrected chi connectivity index (χ4v) is 1.42. The lowest BCUT2D eigenvalue weighted by Gasteiger charge is -1.96. The van der Waals surface area contributed by atoms with Gasteiger partial charge in [-0.1, -0.05) is 19.8 Å². The van der Waals surface area contributed by atoms with E-state index in [1.165, 1.54) is 25.0 Å². The third kappa shape index (κ3) is 8.31. The molecule has 2 heteroatoms. The lowest BCUT2D eigenvalue weighted by atomic mass is 10.3. The number of nitrogens with two attached hydrogens (primary N) is 1. The average Bonchev–Trinajstić information content (AvgIpc) is 1.89. The van der Waals surface area contributed by atoms with E-state index in [0.29, 0.717) is 0 Å². The molecule has 0 atom stereocenters. The topological polar surface area (TPSA) is 26.0 Å². The zero-order chi connectivity index (χ0) is 6.95. The quantitative estimate of drug-likeness (QED) is 0.580. The predicted molar refractivity (Wildman–Crippen MR) is 45.9 cm³/mol. The molecule has 9 heavy (non-hydrogen) atoms. The van der Waals surface area contributed by atoms with Gasteiger partial charge in [0.15, 0.2) is 0 Å². The summed E-state index contributed by atoms with van der Waals surface area (Å²) >= 11 is 1.97. The van der Waals surface area contributed by atoms with Gasteiger partial charge in [0.25, 0.3) is 0 Å². The average molecular weight is 147 g/mol. The Morgan fingerprint density at radius 3 is 2.56 bits per heavy atom. The molecule has 0 fully saturated rings. The van der Waals surface area contributed by atoms with Gasteiger partial charge < -0.3 is 5.73 Å². The van der Waals surface area contributed by atoms with E-state index in [1.807, 2.05) is 11.8 Å². The summed E-state index contributed by atoms with van der Waals surface area (Å²) in [5.74, 6) is 2.43. The molecule has 0 saturated heterocycles. The van der Waals surface area contributed by atoms with Crippen LogP contribution in [-0.2, 0) is 0 Å². The Morgan fingerprint density at radius 1 is 1.22 bits per heavy atom. The van der Waals surface area contributed by atoms with Crippen LogP contribution in [0.15, 0.2) is 0 Å². The van der Waals surface area contributed by atoms with Gasteiger partial charge in [0.05, 0.1) is 0 Å². The van der Waals surface area contributed by atoms with E-state index in [4.69, 9.17) is 5.73 Å². The van der Waals surface area contributed by atoms with Crippen LogP contribution in [0, 0.1) is 0 Å². The van der Waals surface area contributed by atoms with E-state index in [1.54, 1.807) is 0 Å². The summed E-state index contributed by atoms with van der Waals surface area (Å²) in [4.78, 5) is 0. The van der Waals surface area contributed by atoms with E-state index in [0.717, 1.165) is 12.3 Å². The molecule has 2 N–H and O–H groups in total. The summed E-state index contributed by atoms with van der Waals surface area (Å²) < 4.78 is 0. The predicted octanol–water partition coefficient (Wildman–Crippen LogP) is 1.87. The fourth-order valence-electron chi connectivity index (χ4n) is 0.640. The Labute approximate surface area is 62.4 Å². The van der Waals surface area contributed by atoms with Crippen molar-refractivity contribution in [3.05, 3.63) is 0 Å². The van der Waals surface area contributed by atoms with Crippen LogP contribution >= 0.6 is 11.8 Å². The first kappa shape index (κ1) is 9.31. The molecule has 0 rings (SSSR count). The third-order valence-corrected chi connectivity index (χ3v) is 2.26. The van der Waals surface area contributed by atoms with Crippen molar-refractivity contribution in [3.8, 4) is 0 Å². The lowest BCUT2D eigenvalue weighted by molar-refractivity contribution is 0.778. The maximum Gasteiger partial charge on any atom is 0.00558 e. The van der Waals surface area contributed by atoms with Gasteiger partial charge in [-0.15, -0.1) is 0 Å². The van der Waals surface area contributed by atoms with Crippen molar-refractivity contribution in [2.75, 3.05) is 18.1 Å².